The molecular weight excluding hydrogens is 1310 g/mol. The van der Waals surface area contributed by atoms with Gasteiger partial charge in [0, 0.05) is 50.4 Å². The molecule has 540 valence electrons. The van der Waals surface area contributed by atoms with Gasteiger partial charge in [-0.05, 0) is 91.8 Å². The van der Waals surface area contributed by atoms with Gasteiger partial charge in [-0.25, -0.2) is 9.78 Å². The third-order valence-corrected chi connectivity index (χ3v) is 16.0. The fourth-order valence-corrected chi connectivity index (χ4v) is 10.1. The number of aromatic hydroxyl groups is 3. The minimum Gasteiger partial charge on any atom is -0.508 e. The van der Waals surface area contributed by atoms with Gasteiger partial charge in [-0.2, -0.15) is 0 Å². The molecule has 0 aliphatic rings. The molecule has 33 nitrogen and oxygen atoms in total. The maximum absolute atomic E-state index is 14.8. The fourth-order valence-electron chi connectivity index (χ4n) is 10.1. The Morgan fingerprint density at radius 1 is 0.420 bits per heavy atom. The smallest absolute Gasteiger partial charge is 0.326 e. The average Bonchev–Trinajstić information content (AvgIpc) is 0.906. The number of amides is 10. The summed E-state index contributed by atoms with van der Waals surface area (Å²) in [5.74, 6) is -14.9. The lowest BCUT2D eigenvalue weighted by Gasteiger charge is -2.30. The van der Waals surface area contributed by atoms with Crippen molar-refractivity contribution in [3.63, 3.8) is 0 Å². The molecule has 14 atom stereocenters. The Morgan fingerprint density at radius 2 is 0.750 bits per heavy atom. The van der Waals surface area contributed by atoms with Crippen LogP contribution in [0.5, 0.6) is 17.2 Å². The summed E-state index contributed by atoms with van der Waals surface area (Å²) < 4.78 is 0. The van der Waals surface area contributed by atoms with Gasteiger partial charge >= 0.3 is 11.9 Å². The Balaban J connectivity index is 1.42. The van der Waals surface area contributed by atoms with Gasteiger partial charge in [0.15, 0.2) is 0 Å². The maximum Gasteiger partial charge on any atom is 0.326 e. The number of rotatable bonds is 39. The Kier molecular flexibility index (Phi) is 30.9. The average molecular weight is 1390 g/mol. The van der Waals surface area contributed by atoms with Gasteiger partial charge in [0.1, 0.15) is 77.7 Å². The van der Waals surface area contributed by atoms with Gasteiger partial charge in [-0.15, -0.1) is 0 Å². The second-order valence-corrected chi connectivity index (χ2v) is 24.0. The van der Waals surface area contributed by atoms with E-state index in [2.05, 4.69) is 63.1 Å². The number of hydrogen-bond acceptors (Lipinski definition) is 20. The van der Waals surface area contributed by atoms with Crippen LogP contribution in [0.15, 0.2) is 116 Å². The first-order valence-electron chi connectivity index (χ1n) is 31.9. The molecule has 21 N–H and O–H groups in total. The molecule has 0 radical (unpaired) electrons. The van der Waals surface area contributed by atoms with Crippen molar-refractivity contribution < 1.29 is 98.4 Å². The molecule has 0 aliphatic heterocycles. The van der Waals surface area contributed by atoms with E-state index in [-0.39, 0.29) is 48.5 Å². The predicted molar refractivity (Wildman–Crippen MR) is 355 cm³/mol. The molecule has 1 aromatic heterocycles. The number of carbonyl (C=O) groups is 12. The van der Waals surface area contributed by atoms with Crippen molar-refractivity contribution in [1.29, 1.82) is 0 Å². The second-order valence-electron chi connectivity index (χ2n) is 24.0. The first-order valence-corrected chi connectivity index (χ1v) is 31.9. The van der Waals surface area contributed by atoms with Gasteiger partial charge in [-0.1, -0.05) is 87.0 Å². The number of phenolic OH excluding ortho intramolecular Hbond substituents is 3. The van der Waals surface area contributed by atoms with Gasteiger partial charge < -0.3 is 105 Å². The Bertz CT molecular complexity index is 3580. The molecule has 0 saturated heterocycles. The molecule has 5 aromatic rings. The summed E-state index contributed by atoms with van der Waals surface area (Å²) >= 11 is 0. The van der Waals surface area contributed by atoms with Crippen molar-refractivity contribution in [2.24, 2.45) is 11.7 Å². The van der Waals surface area contributed by atoms with Crippen LogP contribution in [0, 0.1) is 5.92 Å². The molecular formula is C67H87N13O20. The largest absolute Gasteiger partial charge is 0.508 e. The van der Waals surface area contributed by atoms with E-state index in [0.29, 0.717) is 22.4 Å². The summed E-state index contributed by atoms with van der Waals surface area (Å²) in [5.41, 5.74) is 7.34. The SMILES string of the molecule is CC[C@H](C)[C@H](NC(=O)[C@@H](NC(=O)[C@H](Cc1ccc(O)cc1)NC(=O)[C@H](Cc1ccc(O)cc1)NC(=O)[C@H](CCC(=O)O)NC(=O)[C@@H](NC(=O)[C@H](Cc1ccccc1)NC(=O)[C@@H](NC(=O)[C@H](Cc1ccc(O)cc1)NC(=O)CN)[C@@H](C)O)[C@@H](C)O)[C@@H](C)O)C(=O)N[C@@H](Cc1cnc[nH]1)C(=O)O. The summed E-state index contributed by atoms with van der Waals surface area (Å²) in [6.07, 6.45) is -5.33. The van der Waals surface area contributed by atoms with Crippen molar-refractivity contribution in [2.75, 3.05) is 6.54 Å². The normalized spacial score (nSPS) is 15.3. The number of phenols is 3. The lowest BCUT2D eigenvalue weighted by atomic mass is 9.96. The number of carboxylic acid groups (broad SMARTS) is 2. The van der Waals surface area contributed by atoms with Crippen LogP contribution in [-0.4, -0.2) is 207 Å². The van der Waals surface area contributed by atoms with E-state index in [1.54, 1.807) is 44.2 Å². The van der Waals surface area contributed by atoms with Crippen LogP contribution >= 0.6 is 0 Å². The van der Waals surface area contributed by atoms with Crippen LogP contribution in [-0.2, 0) is 89.6 Å². The van der Waals surface area contributed by atoms with Crippen molar-refractivity contribution in [2.45, 2.75) is 165 Å². The standard InChI is InChI=1S/C67H87N13O20/c1-6-34(2)54(63(95)76-51(67(99)100)30-42-32-69-33-70-42)77-66(98)57(37(5)83)80-61(93)49(29-41-16-22-45(86)23-17-41)74-59(91)48(28-40-14-20-44(85)21-15-40)73-58(90)46(24-25-53(88)89)72-64(96)55(35(3)81)79-62(94)50(26-38-10-8-7-9-11-38)75-65(97)56(36(4)82)78-60(92)47(71-52(87)31-68)27-39-12-18-43(84)19-13-39/h7-23,32-37,46-51,54-57,81-86H,6,24-31,68H2,1-5H3,(H,69,70)(H,71,87)(H,72,96)(H,73,90)(H,74,91)(H,75,97)(H,76,95)(H,77,98)(H,78,92)(H,79,94)(H,80,93)(H,88,89)(H,99,100)/t34-,35+,36+,37+,46-,47-,48-,49-,50-,51-,54-,55-,56-,57-/m0/s1. The molecule has 1 heterocycles. The van der Waals surface area contributed by atoms with Crippen molar-refractivity contribution in [3.05, 3.63) is 144 Å². The molecule has 0 spiro atoms. The van der Waals surface area contributed by atoms with Gasteiger partial charge in [-0.3, -0.25) is 52.7 Å². The topological polar surface area (TPSA) is 542 Å². The van der Waals surface area contributed by atoms with E-state index in [0.717, 1.165) is 20.8 Å². The van der Waals surface area contributed by atoms with Crippen LogP contribution in [0.2, 0.25) is 0 Å². The highest BCUT2D eigenvalue weighted by Gasteiger charge is 2.39. The molecule has 0 saturated carbocycles. The summed E-state index contributed by atoms with van der Waals surface area (Å²) in [6.45, 7) is 6.11. The maximum atomic E-state index is 14.8. The number of H-pyrrole nitrogens is 1. The molecule has 0 bridgehead atoms. The Hall–Kier alpha value is -11.0. The van der Waals surface area contributed by atoms with E-state index in [9.17, 15) is 98.4 Å². The number of nitrogens with zero attached hydrogens (tertiary/aromatic N) is 1. The minimum absolute atomic E-state index is 0.0880. The van der Waals surface area contributed by atoms with Gasteiger partial charge in [0.2, 0.25) is 59.1 Å². The number of aliphatic hydroxyl groups is 3. The number of aliphatic hydroxyl groups excluding tert-OH is 3. The number of aromatic nitrogens is 2. The lowest BCUT2D eigenvalue weighted by molar-refractivity contribution is -0.143. The van der Waals surface area contributed by atoms with Crippen LogP contribution in [0.1, 0.15) is 81.8 Å². The summed E-state index contributed by atoms with van der Waals surface area (Å²) in [4.78, 5) is 172. The zero-order valence-electron chi connectivity index (χ0n) is 55.4. The number of imidazole rings is 1. The van der Waals surface area contributed by atoms with Crippen molar-refractivity contribution in [3.8, 4) is 17.2 Å². The number of benzene rings is 4. The Morgan fingerprint density at radius 3 is 1.11 bits per heavy atom. The van der Waals surface area contributed by atoms with Crippen LogP contribution < -0.4 is 58.9 Å². The number of nitrogens with two attached hydrogens (primary N) is 1. The number of aromatic amines is 1. The highest BCUT2D eigenvalue weighted by molar-refractivity contribution is 5.99. The summed E-state index contributed by atoms with van der Waals surface area (Å²) in [5, 5.41) is 107. The van der Waals surface area contributed by atoms with E-state index in [1.165, 1.54) is 85.3 Å². The summed E-state index contributed by atoms with van der Waals surface area (Å²) in [7, 11) is 0. The molecule has 100 heavy (non-hydrogen) atoms. The van der Waals surface area contributed by atoms with Crippen LogP contribution in [0.3, 0.4) is 0 Å². The highest BCUT2D eigenvalue weighted by Crippen LogP contribution is 2.18. The Labute approximate surface area is 574 Å². The highest BCUT2D eigenvalue weighted by atomic mass is 16.4. The van der Waals surface area contributed by atoms with Crippen molar-refractivity contribution >= 4 is 71.0 Å². The third kappa shape index (κ3) is 25.4. The van der Waals surface area contributed by atoms with E-state index in [1.807, 2.05) is 0 Å². The van der Waals surface area contributed by atoms with E-state index < -0.39 is 188 Å². The number of hydrogen-bond donors (Lipinski definition) is 20. The zero-order valence-corrected chi connectivity index (χ0v) is 55.4. The van der Waals surface area contributed by atoms with Crippen molar-refractivity contribution in [1.82, 2.24) is 63.1 Å². The molecule has 0 unspecified atom stereocenters. The molecule has 0 aliphatic carbocycles. The number of carboxylic acids is 2. The predicted octanol–water partition coefficient (Wildman–Crippen LogP) is -3.02. The quantitative estimate of drug-likeness (QED) is 0.0186. The molecule has 4 aromatic carbocycles. The van der Waals surface area contributed by atoms with Gasteiger partial charge in [0.05, 0.1) is 31.2 Å². The first-order chi connectivity index (χ1) is 47.3. The fraction of sp³-hybridized carbons (Fsp3) is 0.418. The monoisotopic (exact) mass is 1390 g/mol. The molecule has 5 rings (SSSR count). The third-order valence-electron chi connectivity index (χ3n) is 16.0. The van der Waals surface area contributed by atoms with E-state index in [4.69, 9.17) is 5.73 Å². The molecule has 33 heteroatoms. The number of nitrogens with one attached hydrogen (secondary N) is 11. The van der Waals surface area contributed by atoms with Crippen LogP contribution in [0.25, 0.3) is 0 Å². The lowest BCUT2D eigenvalue weighted by Crippen LogP contribution is -2.63. The van der Waals surface area contributed by atoms with Gasteiger partial charge in [0.25, 0.3) is 0 Å². The second kappa shape index (κ2) is 38.8. The van der Waals surface area contributed by atoms with E-state index >= 15 is 0 Å². The zero-order chi connectivity index (χ0) is 73.9. The summed E-state index contributed by atoms with van der Waals surface area (Å²) in [6, 6.07) is 7.12. The number of carbonyl (C=O) groups excluding carboxylic acids is 10. The number of aliphatic carboxylic acids is 2. The van der Waals surface area contributed by atoms with Crippen LogP contribution in [0.4, 0.5) is 0 Å². The molecule has 10 amide bonds. The minimum atomic E-state index is -2.01. The molecule has 0 fully saturated rings. The first kappa shape index (κ1) is 79.7.